The van der Waals surface area contributed by atoms with Gasteiger partial charge >= 0.3 is 0 Å². The predicted molar refractivity (Wildman–Crippen MR) is 41.5 cm³/mol. The third-order valence-corrected chi connectivity index (χ3v) is 4.13. The van der Waals surface area contributed by atoms with Gasteiger partial charge in [-0.05, 0) is 18.8 Å². The van der Waals surface area contributed by atoms with E-state index in [0.29, 0.717) is 5.92 Å². The van der Waals surface area contributed by atoms with E-state index in [-0.39, 0.29) is 22.8 Å². The molecule has 2 aliphatic carbocycles. The first kappa shape index (κ1) is 7.20. The van der Waals surface area contributed by atoms with Crippen LogP contribution in [0.15, 0.2) is 0 Å². The van der Waals surface area contributed by atoms with Crippen LogP contribution in [0.25, 0.3) is 0 Å². The average Bonchev–Trinajstić information content (AvgIpc) is 2.36. The van der Waals surface area contributed by atoms with E-state index < -0.39 is 0 Å². The van der Waals surface area contributed by atoms with Crippen molar-refractivity contribution in [3.8, 4) is 0 Å². The maximum Gasteiger partial charge on any atom is 0.0586 e. The summed E-state index contributed by atoms with van der Waals surface area (Å²) in [5, 5.41) is 9.48. The van der Waals surface area contributed by atoms with Crippen molar-refractivity contribution in [2.24, 2.45) is 11.8 Å². The standard InChI is InChI=1S/C7H10Cl2O/c8-6-3-1-4(7(6)9)5(10)2-3/h3-7,10H,1-2H2/t3-,4-,5?,6-,7-/m0/s1. The summed E-state index contributed by atoms with van der Waals surface area (Å²) in [5.74, 6) is 0.748. The molecule has 1 unspecified atom stereocenters. The molecule has 0 aromatic rings. The zero-order valence-corrected chi connectivity index (χ0v) is 7.02. The average molecular weight is 181 g/mol. The van der Waals surface area contributed by atoms with Gasteiger partial charge < -0.3 is 5.11 Å². The van der Waals surface area contributed by atoms with E-state index in [1.54, 1.807) is 0 Å². The monoisotopic (exact) mass is 180 g/mol. The Hall–Kier alpha value is 0.540. The van der Waals surface area contributed by atoms with E-state index in [4.69, 9.17) is 23.2 Å². The van der Waals surface area contributed by atoms with Gasteiger partial charge in [-0.2, -0.15) is 0 Å². The Morgan fingerprint density at radius 3 is 2.20 bits per heavy atom. The van der Waals surface area contributed by atoms with E-state index in [1.807, 2.05) is 0 Å². The van der Waals surface area contributed by atoms with Gasteiger partial charge in [0.25, 0.3) is 0 Å². The minimum atomic E-state index is -0.178. The quantitative estimate of drug-likeness (QED) is 0.562. The Labute approximate surface area is 70.3 Å². The molecule has 1 nitrogen and oxygen atoms in total. The third-order valence-electron chi connectivity index (χ3n) is 2.78. The summed E-state index contributed by atoms with van der Waals surface area (Å²) in [6, 6.07) is 0. The van der Waals surface area contributed by atoms with E-state index in [9.17, 15) is 5.11 Å². The molecule has 0 saturated heterocycles. The Bertz CT molecular complexity index is 149. The smallest absolute Gasteiger partial charge is 0.0586 e. The van der Waals surface area contributed by atoms with Crippen molar-refractivity contribution in [1.82, 2.24) is 0 Å². The third kappa shape index (κ3) is 0.806. The maximum atomic E-state index is 9.36. The lowest BCUT2D eigenvalue weighted by Gasteiger charge is -2.24. The van der Waals surface area contributed by atoms with Crippen LogP contribution in [0, 0.1) is 11.8 Å². The summed E-state index contributed by atoms with van der Waals surface area (Å²) < 4.78 is 0. The molecule has 2 rings (SSSR count). The summed E-state index contributed by atoms with van der Waals surface area (Å²) in [6.07, 6.45) is 1.72. The van der Waals surface area contributed by atoms with Crippen molar-refractivity contribution in [3.05, 3.63) is 0 Å². The zero-order valence-electron chi connectivity index (χ0n) is 5.50. The maximum absolute atomic E-state index is 9.36. The van der Waals surface area contributed by atoms with Crippen LogP contribution in [0.1, 0.15) is 12.8 Å². The van der Waals surface area contributed by atoms with Gasteiger partial charge in [-0.3, -0.25) is 0 Å². The van der Waals surface area contributed by atoms with Crippen molar-refractivity contribution < 1.29 is 5.11 Å². The van der Waals surface area contributed by atoms with Crippen LogP contribution in [0.3, 0.4) is 0 Å². The summed E-state index contributed by atoms with van der Waals surface area (Å²) in [6.45, 7) is 0. The zero-order chi connectivity index (χ0) is 7.30. The van der Waals surface area contributed by atoms with E-state index in [2.05, 4.69) is 0 Å². The lowest BCUT2D eigenvalue weighted by atomic mass is 9.97. The summed E-state index contributed by atoms with van der Waals surface area (Å²) in [7, 11) is 0. The molecule has 5 atom stereocenters. The van der Waals surface area contributed by atoms with Crippen LogP contribution in [0.2, 0.25) is 0 Å². The fourth-order valence-electron chi connectivity index (χ4n) is 2.19. The Kier molecular flexibility index (Phi) is 1.63. The van der Waals surface area contributed by atoms with E-state index in [0.717, 1.165) is 12.8 Å². The second-order valence-corrected chi connectivity index (χ2v) is 4.36. The summed E-state index contributed by atoms with van der Waals surface area (Å²) in [5.41, 5.74) is 0. The molecule has 3 heteroatoms. The number of alkyl halides is 2. The minimum Gasteiger partial charge on any atom is -0.393 e. The normalized spacial score (nSPS) is 59.7. The molecular weight excluding hydrogens is 171 g/mol. The second-order valence-electron chi connectivity index (χ2n) is 3.35. The molecule has 0 amide bonds. The van der Waals surface area contributed by atoms with E-state index >= 15 is 0 Å². The van der Waals surface area contributed by atoms with Crippen molar-refractivity contribution >= 4 is 23.2 Å². The number of rotatable bonds is 0. The number of aliphatic hydroxyl groups is 1. The topological polar surface area (TPSA) is 20.2 Å². The molecule has 0 spiro atoms. The number of hydrogen-bond acceptors (Lipinski definition) is 1. The highest BCUT2D eigenvalue weighted by Crippen LogP contribution is 2.49. The van der Waals surface area contributed by atoms with Gasteiger partial charge in [0, 0.05) is 5.92 Å². The van der Waals surface area contributed by atoms with Crippen LogP contribution < -0.4 is 0 Å². The molecule has 2 bridgehead atoms. The van der Waals surface area contributed by atoms with Gasteiger partial charge in [0.05, 0.1) is 16.9 Å². The lowest BCUT2D eigenvalue weighted by molar-refractivity contribution is 0.117. The number of halogens is 2. The molecule has 0 heterocycles. The van der Waals surface area contributed by atoms with Crippen molar-refractivity contribution in [2.45, 2.75) is 29.7 Å². The molecule has 0 radical (unpaired) electrons. The Morgan fingerprint density at radius 1 is 1.10 bits per heavy atom. The second kappa shape index (κ2) is 2.26. The van der Waals surface area contributed by atoms with Crippen LogP contribution >= 0.6 is 23.2 Å². The van der Waals surface area contributed by atoms with Crippen LogP contribution in [0.4, 0.5) is 0 Å². The van der Waals surface area contributed by atoms with Gasteiger partial charge in [0.15, 0.2) is 0 Å². The molecule has 58 valence electrons. The lowest BCUT2D eigenvalue weighted by Crippen LogP contribution is -2.32. The number of fused-ring (bicyclic) bond motifs is 2. The predicted octanol–water partition coefficient (Wildman–Crippen LogP) is 1.60. The molecule has 0 aromatic carbocycles. The Balaban J connectivity index is 2.16. The fraction of sp³-hybridized carbons (Fsp3) is 1.00. The first-order valence-corrected chi connectivity index (χ1v) is 4.53. The van der Waals surface area contributed by atoms with Crippen molar-refractivity contribution in [3.63, 3.8) is 0 Å². The van der Waals surface area contributed by atoms with Gasteiger partial charge in [0.2, 0.25) is 0 Å². The fourth-order valence-corrected chi connectivity index (χ4v) is 3.06. The number of hydrogen-bond donors (Lipinski definition) is 1. The largest absolute Gasteiger partial charge is 0.393 e. The molecule has 0 aromatic heterocycles. The first-order valence-electron chi connectivity index (χ1n) is 3.66. The van der Waals surface area contributed by atoms with Crippen LogP contribution in [-0.2, 0) is 0 Å². The SMILES string of the molecule is OC1C[C@@H]2C[C@@H]1[C@H](Cl)[C@H]2Cl. The molecule has 2 fully saturated rings. The van der Waals surface area contributed by atoms with Gasteiger partial charge in [0.1, 0.15) is 0 Å². The molecule has 1 N–H and O–H groups in total. The minimum absolute atomic E-state index is 0.00965. The molecule has 2 aliphatic rings. The van der Waals surface area contributed by atoms with Gasteiger partial charge in [-0.25, -0.2) is 0 Å². The molecular formula is C7H10Cl2O. The Morgan fingerprint density at radius 2 is 1.80 bits per heavy atom. The highest BCUT2D eigenvalue weighted by molar-refractivity contribution is 6.30. The van der Waals surface area contributed by atoms with Gasteiger partial charge in [-0.15, -0.1) is 23.2 Å². The van der Waals surface area contributed by atoms with Crippen LogP contribution in [0.5, 0.6) is 0 Å². The highest BCUT2D eigenvalue weighted by Gasteiger charge is 2.50. The van der Waals surface area contributed by atoms with Crippen molar-refractivity contribution in [1.29, 1.82) is 0 Å². The highest BCUT2D eigenvalue weighted by atomic mass is 35.5. The van der Waals surface area contributed by atoms with Crippen LogP contribution in [-0.4, -0.2) is 22.0 Å². The van der Waals surface area contributed by atoms with E-state index in [1.165, 1.54) is 0 Å². The van der Waals surface area contributed by atoms with Crippen molar-refractivity contribution in [2.75, 3.05) is 0 Å². The first-order chi connectivity index (χ1) is 4.70. The van der Waals surface area contributed by atoms with Gasteiger partial charge in [-0.1, -0.05) is 0 Å². The number of aliphatic hydroxyl groups excluding tert-OH is 1. The molecule has 2 saturated carbocycles. The molecule has 0 aliphatic heterocycles. The summed E-state index contributed by atoms with van der Waals surface area (Å²) in [4.78, 5) is 0. The molecule has 10 heavy (non-hydrogen) atoms. The summed E-state index contributed by atoms with van der Waals surface area (Å²) >= 11 is 11.9.